The number of pyridine rings is 1. The van der Waals surface area contributed by atoms with Gasteiger partial charge in [-0.05, 0) is 9.91 Å². The number of nitrogens with one attached hydrogen (secondary N) is 1. The summed E-state index contributed by atoms with van der Waals surface area (Å²) in [6.07, 6.45) is 0. The van der Waals surface area contributed by atoms with Crippen molar-refractivity contribution in [1.82, 2.24) is 4.98 Å². The van der Waals surface area contributed by atoms with Crippen LogP contribution < -0.4 is 10.1 Å². The first-order valence-electron chi connectivity index (χ1n) is 3.85. The van der Waals surface area contributed by atoms with Crippen LogP contribution in [-0.4, -0.2) is 22.4 Å². The lowest BCUT2D eigenvalue weighted by atomic mass is 10.3. The van der Waals surface area contributed by atoms with E-state index in [4.69, 9.17) is 16.3 Å². The summed E-state index contributed by atoms with van der Waals surface area (Å²) in [5.41, 5.74) is 0. The molecule has 0 bridgehead atoms. The predicted octanol–water partition coefficient (Wildman–Crippen LogP) is 0.974. The summed E-state index contributed by atoms with van der Waals surface area (Å²) in [6, 6.07) is 1.25. The fourth-order valence-corrected chi connectivity index (χ4v) is 1.31. The number of amides is 1. The van der Waals surface area contributed by atoms with Gasteiger partial charge in [-0.3, -0.25) is 10.1 Å². The molecule has 2 heterocycles. The van der Waals surface area contributed by atoms with Gasteiger partial charge in [0.1, 0.15) is 5.02 Å². The van der Waals surface area contributed by atoms with Crippen LogP contribution in [0.15, 0.2) is 6.07 Å². The minimum atomic E-state index is -0.733. The number of carbonyl (C=O) groups is 1. The lowest BCUT2D eigenvalue weighted by Crippen LogP contribution is -2.26. The standard InChI is InChI=1S/C7H4ClN3O4/c8-3-1-4-6(9-5(12)2-15-4)10-7(3)11(13)14/h1H,2H2,(H,9,10,12). The van der Waals surface area contributed by atoms with Gasteiger partial charge in [-0.25, -0.2) is 0 Å². The van der Waals surface area contributed by atoms with Crippen molar-refractivity contribution in [3.63, 3.8) is 0 Å². The van der Waals surface area contributed by atoms with E-state index in [0.29, 0.717) is 0 Å². The van der Waals surface area contributed by atoms with E-state index in [9.17, 15) is 14.9 Å². The minimum Gasteiger partial charge on any atom is -0.477 e. The number of aromatic nitrogens is 1. The SMILES string of the molecule is O=C1COc2cc(Cl)c([N+](=O)[O-])nc2N1. The molecule has 1 N–H and O–H groups in total. The molecule has 0 aromatic carbocycles. The van der Waals surface area contributed by atoms with Crippen LogP contribution in [0.4, 0.5) is 11.6 Å². The number of anilines is 1. The number of halogens is 1. The normalized spacial score (nSPS) is 13.8. The molecule has 1 aromatic heterocycles. The van der Waals surface area contributed by atoms with Crippen LogP contribution in [0.3, 0.4) is 0 Å². The molecule has 2 rings (SSSR count). The molecular weight excluding hydrogens is 226 g/mol. The zero-order valence-corrected chi connectivity index (χ0v) is 7.95. The topological polar surface area (TPSA) is 94.4 Å². The third-order valence-corrected chi connectivity index (χ3v) is 1.99. The Bertz CT molecular complexity index is 462. The molecule has 78 valence electrons. The molecule has 0 saturated carbocycles. The van der Waals surface area contributed by atoms with Gasteiger partial charge >= 0.3 is 5.82 Å². The van der Waals surface area contributed by atoms with Gasteiger partial charge in [0.05, 0.1) is 0 Å². The lowest BCUT2D eigenvalue weighted by molar-refractivity contribution is -0.389. The van der Waals surface area contributed by atoms with Crippen molar-refractivity contribution in [3.8, 4) is 5.75 Å². The Labute approximate surface area is 88.2 Å². The molecule has 0 unspecified atom stereocenters. The number of fused-ring (bicyclic) bond motifs is 1. The summed E-state index contributed by atoms with van der Waals surface area (Å²) >= 11 is 5.60. The summed E-state index contributed by atoms with van der Waals surface area (Å²) in [5, 5.41) is 12.7. The molecule has 7 nitrogen and oxygen atoms in total. The maximum atomic E-state index is 10.9. The van der Waals surface area contributed by atoms with E-state index in [-0.39, 0.29) is 23.2 Å². The number of carbonyl (C=O) groups excluding carboxylic acids is 1. The first kappa shape index (κ1) is 9.66. The minimum absolute atomic E-state index is 0.0161. The van der Waals surface area contributed by atoms with Gasteiger partial charge in [0.25, 0.3) is 11.7 Å². The summed E-state index contributed by atoms with van der Waals surface area (Å²) < 4.78 is 4.97. The van der Waals surface area contributed by atoms with Gasteiger partial charge < -0.3 is 14.9 Å². The third-order valence-electron chi connectivity index (χ3n) is 1.71. The Kier molecular flexibility index (Phi) is 2.16. The Balaban J connectivity index is 2.51. The molecule has 1 amide bonds. The van der Waals surface area contributed by atoms with Crippen LogP contribution in [0.5, 0.6) is 5.75 Å². The number of rotatable bonds is 1. The Hall–Kier alpha value is -1.89. The first-order valence-corrected chi connectivity index (χ1v) is 4.23. The van der Waals surface area contributed by atoms with Crippen molar-refractivity contribution in [2.24, 2.45) is 0 Å². The maximum Gasteiger partial charge on any atom is 0.384 e. The Morgan fingerprint density at radius 3 is 3.07 bits per heavy atom. The largest absolute Gasteiger partial charge is 0.477 e. The van der Waals surface area contributed by atoms with Crippen LogP contribution >= 0.6 is 11.6 Å². The summed E-state index contributed by atoms with van der Waals surface area (Å²) in [5.74, 6) is -0.680. The third kappa shape index (κ3) is 1.68. The molecule has 1 aromatic rings. The van der Waals surface area contributed by atoms with E-state index in [0.717, 1.165) is 0 Å². The predicted molar refractivity (Wildman–Crippen MR) is 50.0 cm³/mol. The van der Waals surface area contributed by atoms with Crippen molar-refractivity contribution in [1.29, 1.82) is 0 Å². The molecule has 0 fully saturated rings. The lowest BCUT2D eigenvalue weighted by Gasteiger charge is -2.13. The monoisotopic (exact) mass is 229 g/mol. The maximum absolute atomic E-state index is 10.9. The molecule has 0 spiro atoms. The van der Waals surface area contributed by atoms with Gasteiger partial charge in [-0.2, -0.15) is 0 Å². The Morgan fingerprint density at radius 2 is 2.40 bits per heavy atom. The average Bonchev–Trinajstić information content (AvgIpc) is 2.17. The molecule has 1 aliphatic heterocycles. The number of hydrogen-bond donors (Lipinski definition) is 1. The van der Waals surface area contributed by atoms with Crippen LogP contribution in [0, 0.1) is 10.1 Å². The van der Waals surface area contributed by atoms with E-state index in [1.807, 2.05) is 0 Å². The van der Waals surface area contributed by atoms with E-state index in [1.165, 1.54) is 6.07 Å². The second-order valence-corrected chi connectivity index (χ2v) is 3.14. The highest BCUT2D eigenvalue weighted by Crippen LogP contribution is 2.33. The quantitative estimate of drug-likeness (QED) is 0.572. The molecular formula is C7H4ClN3O4. The van der Waals surface area contributed by atoms with E-state index >= 15 is 0 Å². The zero-order chi connectivity index (χ0) is 11.0. The second-order valence-electron chi connectivity index (χ2n) is 2.73. The number of ether oxygens (including phenoxy) is 1. The average molecular weight is 230 g/mol. The highest BCUT2D eigenvalue weighted by molar-refractivity contribution is 6.32. The smallest absolute Gasteiger partial charge is 0.384 e. The van der Waals surface area contributed by atoms with Crippen molar-refractivity contribution in [3.05, 3.63) is 21.2 Å². The molecule has 0 radical (unpaired) electrons. The first-order chi connectivity index (χ1) is 7.08. The molecule has 0 saturated heterocycles. The van der Waals surface area contributed by atoms with Gasteiger partial charge in [0.2, 0.25) is 0 Å². The van der Waals surface area contributed by atoms with Crippen LogP contribution in [0.1, 0.15) is 0 Å². The van der Waals surface area contributed by atoms with Gasteiger partial charge in [0, 0.05) is 6.07 Å². The molecule has 1 aliphatic rings. The van der Waals surface area contributed by atoms with Crippen molar-refractivity contribution < 1.29 is 14.5 Å². The molecule has 8 heteroatoms. The van der Waals surface area contributed by atoms with E-state index < -0.39 is 16.6 Å². The highest BCUT2D eigenvalue weighted by Gasteiger charge is 2.26. The van der Waals surface area contributed by atoms with Gasteiger partial charge in [0.15, 0.2) is 12.4 Å². The van der Waals surface area contributed by atoms with Crippen LogP contribution in [-0.2, 0) is 4.79 Å². The fourth-order valence-electron chi connectivity index (χ4n) is 1.10. The van der Waals surface area contributed by atoms with Gasteiger partial charge in [-0.1, -0.05) is 11.6 Å². The van der Waals surface area contributed by atoms with Gasteiger partial charge in [-0.15, -0.1) is 0 Å². The van der Waals surface area contributed by atoms with Crippen molar-refractivity contribution in [2.45, 2.75) is 0 Å². The number of nitro groups is 1. The Morgan fingerprint density at radius 1 is 1.67 bits per heavy atom. The zero-order valence-electron chi connectivity index (χ0n) is 7.19. The van der Waals surface area contributed by atoms with Crippen LogP contribution in [0.25, 0.3) is 0 Å². The second kappa shape index (κ2) is 3.35. The van der Waals surface area contributed by atoms with E-state index in [1.54, 1.807) is 0 Å². The summed E-state index contributed by atoms with van der Waals surface area (Å²) in [4.78, 5) is 24.2. The number of hydrogen-bond acceptors (Lipinski definition) is 5. The fraction of sp³-hybridized carbons (Fsp3) is 0.143. The van der Waals surface area contributed by atoms with Crippen molar-refractivity contribution >= 4 is 29.1 Å². The van der Waals surface area contributed by atoms with Crippen LogP contribution in [0.2, 0.25) is 5.02 Å². The summed E-state index contributed by atoms with van der Waals surface area (Å²) in [7, 11) is 0. The molecule has 0 atom stereocenters. The van der Waals surface area contributed by atoms with E-state index in [2.05, 4.69) is 10.3 Å². The summed E-state index contributed by atoms with van der Waals surface area (Å²) in [6.45, 7) is -0.150. The number of nitrogens with zero attached hydrogens (tertiary/aromatic N) is 2. The highest BCUT2D eigenvalue weighted by atomic mass is 35.5. The van der Waals surface area contributed by atoms with Crippen molar-refractivity contribution in [2.75, 3.05) is 11.9 Å². The molecule has 15 heavy (non-hydrogen) atoms. The molecule has 0 aliphatic carbocycles.